The summed E-state index contributed by atoms with van der Waals surface area (Å²) in [6, 6.07) is 14.4. The second kappa shape index (κ2) is 9.46. The van der Waals surface area contributed by atoms with E-state index in [1.165, 1.54) is 0 Å². The Labute approximate surface area is 153 Å². The average Bonchev–Trinajstić information content (AvgIpc) is 2.62. The van der Waals surface area contributed by atoms with E-state index in [1.54, 1.807) is 20.1 Å². The van der Waals surface area contributed by atoms with E-state index in [9.17, 15) is 9.59 Å². The predicted octanol–water partition coefficient (Wildman–Crippen LogP) is 3.82. The number of amides is 2. The summed E-state index contributed by atoms with van der Waals surface area (Å²) < 4.78 is 10.2. The molecular weight excluding hydrogens is 332 g/mol. The van der Waals surface area contributed by atoms with Gasteiger partial charge in [0.05, 0.1) is 31.9 Å². The number of hydrogen-bond donors (Lipinski definition) is 2. The van der Waals surface area contributed by atoms with Crippen LogP contribution in [0.1, 0.15) is 30.5 Å². The van der Waals surface area contributed by atoms with E-state index in [2.05, 4.69) is 10.6 Å². The summed E-state index contributed by atoms with van der Waals surface area (Å²) in [6.45, 7) is 3.93. The highest BCUT2D eigenvalue weighted by atomic mass is 16.5. The van der Waals surface area contributed by atoms with E-state index in [4.69, 9.17) is 9.47 Å². The molecule has 0 heterocycles. The summed E-state index contributed by atoms with van der Waals surface area (Å²) in [6.07, 6.45) is -0.484. The maximum absolute atomic E-state index is 12.6. The number of carbonyl (C=O) groups is 2. The molecule has 0 saturated heterocycles. The van der Waals surface area contributed by atoms with Gasteiger partial charge in [0.2, 0.25) is 5.91 Å². The Morgan fingerprint density at radius 1 is 1.12 bits per heavy atom. The number of carbonyl (C=O) groups excluding carboxylic acids is 2. The van der Waals surface area contributed by atoms with Gasteiger partial charge in [0.1, 0.15) is 5.75 Å². The van der Waals surface area contributed by atoms with Gasteiger partial charge in [-0.2, -0.15) is 0 Å². The molecule has 0 fully saturated rings. The number of ether oxygens (including phenoxy) is 2. The molecule has 1 atom stereocenters. The van der Waals surface area contributed by atoms with Gasteiger partial charge in [0.25, 0.3) is 0 Å². The Balaban J connectivity index is 2.13. The molecule has 6 nitrogen and oxygen atoms in total. The Bertz CT molecular complexity index is 747. The topological polar surface area (TPSA) is 76.7 Å². The zero-order valence-corrected chi connectivity index (χ0v) is 15.2. The lowest BCUT2D eigenvalue weighted by molar-refractivity contribution is -0.116. The summed E-state index contributed by atoms with van der Waals surface area (Å²) in [4.78, 5) is 24.4. The molecule has 2 amide bonds. The maximum atomic E-state index is 12.6. The Morgan fingerprint density at radius 2 is 1.85 bits per heavy atom. The van der Waals surface area contributed by atoms with Crippen LogP contribution in [0.2, 0.25) is 0 Å². The van der Waals surface area contributed by atoms with Gasteiger partial charge in [-0.1, -0.05) is 36.4 Å². The number of rotatable bonds is 7. The minimum absolute atomic E-state index is 0.0694. The first-order chi connectivity index (χ1) is 12.5. The molecule has 0 aliphatic rings. The van der Waals surface area contributed by atoms with Crippen LogP contribution in [0.15, 0.2) is 48.5 Å². The number of methoxy groups -OCH3 is 1. The van der Waals surface area contributed by atoms with Gasteiger partial charge in [0.15, 0.2) is 0 Å². The molecular formula is C20H24N2O4. The fourth-order valence-corrected chi connectivity index (χ4v) is 2.56. The molecule has 2 rings (SSSR count). The summed E-state index contributed by atoms with van der Waals surface area (Å²) >= 11 is 0. The lowest BCUT2D eigenvalue weighted by Crippen LogP contribution is -2.32. The zero-order valence-electron chi connectivity index (χ0n) is 15.2. The Hall–Kier alpha value is -3.02. The highest BCUT2D eigenvalue weighted by Gasteiger charge is 2.19. The zero-order chi connectivity index (χ0) is 18.9. The molecule has 0 aromatic heterocycles. The van der Waals surface area contributed by atoms with E-state index >= 15 is 0 Å². The molecule has 6 heteroatoms. The minimum Gasteiger partial charge on any atom is -0.495 e. The summed E-state index contributed by atoms with van der Waals surface area (Å²) in [7, 11) is 1.55. The summed E-state index contributed by atoms with van der Waals surface area (Å²) in [5.41, 5.74) is 2.43. The Kier molecular flexibility index (Phi) is 7.02. The first kappa shape index (κ1) is 19.3. The van der Waals surface area contributed by atoms with E-state index in [1.807, 2.05) is 49.4 Å². The number of benzene rings is 2. The number of hydrogen-bond acceptors (Lipinski definition) is 4. The van der Waals surface area contributed by atoms with Crippen LogP contribution in [-0.4, -0.2) is 25.7 Å². The van der Waals surface area contributed by atoms with Crippen molar-refractivity contribution >= 4 is 17.7 Å². The van der Waals surface area contributed by atoms with Gasteiger partial charge in [-0.25, -0.2) is 4.79 Å². The van der Waals surface area contributed by atoms with Gasteiger partial charge in [-0.05, 0) is 37.1 Å². The van der Waals surface area contributed by atoms with Crippen molar-refractivity contribution in [3.8, 4) is 5.75 Å². The molecule has 2 aromatic carbocycles. The number of aryl methyl sites for hydroxylation is 1. The van der Waals surface area contributed by atoms with E-state index < -0.39 is 12.1 Å². The third-order valence-corrected chi connectivity index (χ3v) is 3.79. The van der Waals surface area contributed by atoms with Crippen LogP contribution in [0.5, 0.6) is 5.75 Å². The molecule has 0 saturated carbocycles. The van der Waals surface area contributed by atoms with Crippen LogP contribution in [0.25, 0.3) is 0 Å². The minimum atomic E-state index is -0.553. The highest BCUT2D eigenvalue weighted by Crippen LogP contribution is 2.26. The van der Waals surface area contributed by atoms with Gasteiger partial charge in [0, 0.05) is 0 Å². The second-order valence-electron chi connectivity index (χ2n) is 5.78. The van der Waals surface area contributed by atoms with Crippen molar-refractivity contribution in [3.05, 3.63) is 59.7 Å². The molecule has 138 valence electrons. The first-order valence-corrected chi connectivity index (χ1v) is 8.46. The molecule has 0 aliphatic carbocycles. The molecule has 2 aromatic rings. The predicted molar refractivity (Wildman–Crippen MR) is 100 cm³/mol. The molecule has 0 radical (unpaired) electrons. The van der Waals surface area contributed by atoms with Crippen LogP contribution in [0, 0.1) is 6.92 Å². The normalized spacial score (nSPS) is 11.3. The van der Waals surface area contributed by atoms with Crippen molar-refractivity contribution in [3.63, 3.8) is 0 Å². The van der Waals surface area contributed by atoms with Crippen molar-refractivity contribution in [2.24, 2.45) is 0 Å². The largest absolute Gasteiger partial charge is 0.495 e. The van der Waals surface area contributed by atoms with Crippen molar-refractivity contribution in [1.82, 2.24) is 5.32 Å². The quantitative estimate of drug-likeness (QED) is 0.791. The first-order valence-electron chi connectivity index (χ1n) is 8.46. The van der Waals surface area contributed by atoms with E-state index in [-0.39, 0.29) is 18.9 Å². The summed E-state index contributed by atoms with van der Waals surface area (Å²) in [5, 5.41) is 5.59. The summed E-state index contributed by atoms with van der Waals surface area (Å²) in [5.74, 6) is 0.345. The standard InChI is InChI=1S/C20H24N2O4/c1-4-26-20(24)22-16(15-8-6-5-7-9-15)13-19(23)21-17-12-14(2)10-11-18(17)25-3/h5-12,16H,4,13H2,1-3H3,(H,21,23)(H,22,24)/t16-/m0/s1. The SMILES string of the molecule is CCOC(=O)N[C@@H](CC(=O)Nc1cc(C)ccc1OC)c1ccccc1. The number of alkyl carbamates (subject to hydrolysis) is 1. The smallest absolute Gasteiger partial charge is 0.407 e. The van der Waals surface area contributed by atoms with Crippen LogP contribution < -0.4 is 15.4 Å². The van der Waals surface area contributed by atoms with Crippen LogP contribution in [0.4, 0.5) is 10.5 Å². The third kappa shape index (κ3) is 5.51. The molecule has 2 N–H and O–H groups in total. The maximum Gasteiger partial charge on any atom is 0.407 e. The van der Waals surface area contributed by atoms with E-state index in [0.29, 0.717) is 11.4 Å². The van der Waals surface area contributed by atoms with E-state index in [0.717, 1.165) is 11.1 Å². The van der Waals surface area contributed by atoms with Gasteiger partial charge in [-0.15, -0.1) is 0 Å². The van der Waals surface area contributed by atoms with Crippen molar-refractivity contribution in [2.75, 3.05) is 19.0 Å². The van der Waals surface area contributed by atoms with Crippen LogP contribution in [0.3, 0.4) is 0 Å². The molecule has 0 spiro atoms. The van der Waals surface area contributed by atoms with Crippen molar-refractivity contribution in [1.29, 1.82) is 0 Å². The van der Waals surface area contributed by atoms with Gasteiger partial charge in [-0.3, -0.25) is 4.79 Å². The Morgan fingerprint density at radius 3 is 2.50 bits per heavy atom. The average molecular weight is 356 g/mol. The number of anilines is 1. The lowest BCUT2D eigenvalue weighted by Gasteiger charge is -2.19. The number of nitrogens with one attached hydrogen (secondary N) is 2. The van der Waals surface area contributed by atoms with Gasteiger partial charge < -0.3 is 20.1 Å². The molecule has 0 bridgehead atoms. The van der Waals surface area contributed by atoms with Gasteiger partial charge >= 0.3 is 6.09 Å². The lowest BCUT2D eigenvalue weighted by atomic mass is 10.0. The van der Waals surface area contributed by atoms with Crippen molar-refractivity contribution in [2.45, 2.75) is 26.3 Å². The fraction of sp³-hybridized carbons (Fsp3) is 0.300. The van der Waals surface area contributed by atoms with Crippen LogP contribution >= 0.6 is 0 Å². The molecule has 0 unspecified atom stereocenters. The monoisotopic (exact) mass is 356 g/mol. The fourth-order valence-electron chi connectivity index (χ4n) is 2.56. The molecule has 0 aliphatic heterocycles. The second-order valence-corrected chi connectivity index (χ2v) is 5.78. The van der Waals surface area contributed by atoms with Crippen molar-refractivity contribution < 1.29 is 19.1 Å². The third-order valence-electron chi connectivity index (χ3n) is 3.79. The molecule has 26 heavy (non-hydrogen) atoms. The highest BCUT2D eigenvalue weighted by molar-refractivity contribution is 5.93. The van der Waals surface area contributed by atoms with Crippen LogP contribution in [-0.2, 0) is 9.53 Å².